The first-order valence-electron chi connectivity index (χ1n) is 10.7. The van der Waals surface area contributed by atoms with Gasteiger partial charge in [-0.15, -0.1) is 11.3 Å². The molecule has 0 amide bonds. The highest BCUT2D eigenvalue weighted by Crippen LogP contribution is 2.34. The topological polar surface area (TPSA) is 64.2 Å². The van der Waals surface area contributed by atoms with Gasteiger partial charge in [0.15, 0.2) is 11.5 Å². The molecule has 5 aromatic rings. The molecule has 0 fully saturated rings. The summed E-state index contributed by atoms with van der Waals surface area (Å²) in [6.45, 7) is 2.87. The first kappa shape index (κ1) is 21.0. The summed E-state index contributed by atoms with van der Waals surface area (Å²) in [5.41, 5.74) is 2.75. The van der Waals surface area contributed by atoms with Crippen molar-refractivity contribution in [3.05, 3.63) is 101 Å². The molecular weight excluding hydrogens is 432 g/mol. The van der Waals surface area contributed by atoms with Crippen molar-refractivity contribution in [2.45, 2.75) is 13.5 Å². The molecule has 6 heteroatoms. The van der Waals surface area contributed by atoms with E-state index in [2.05, 4.69) is 4.98 Å². The molecule has 1 N–H and O–H groups in total. The maximum absolute atomic E-state index is 12.8. The molecule has 2 heterocycles. The Hall–Kier alpha value is -3.90. The quantitative estimate of drug-likeness (QED) is 0.314. The van der Waals surface area contributed by atoms with Crippen LogP contribution in [0.3, 0.4) is 0 Å². The minimum Gasteiger partial charge on any atom is -0.490 e. The molecule has 3 aromatic carbocycles. The Morgan fingerprint density at radius 2 is 1.61 bits per heavy atom. The zero-order valence-corrected chi connectivity index (χ0v) is 18.9. The Morgan fingerprint density at radius 1 is 0.848 bits per heavy atom. The summed E-state index contributed by atoms with van der Waals surface area (Å²) in [5.74, 6) is 1.77. The summed E-state index contributed by atoms with van der Waals surface area (Å²) in [6, 6.07) is 27.5. The van der Waals surface area contributed by atoms with Gasteiger partial charge in [0.25, 0.3) is 5.56 Å². The van der Waals surface area contributed by atoms with Gasteiger partial charge in [0.2, 0.25) is 0 Å². The second kappa shape index (κ2) is 9.30. The Labute approximate surface area is 195 Å². The van der Waals surface area contributed by atoms with Crippen molar-refractivity contribution in [1.29, 1.82) is 0 Å². The number of thiophene rings is 1. The average molecular weight is 455 g/mol. The fraction of sp³-hybridized carbons (Fsp3) is 0.111. The van der Waals surface area contributed by atoms with Gasteiger partial charge < -0.3 is 14.5 Å². The van der Waals surface area contributed by atoms with Crippen LogP contribution in [0.5, 0.6) is 11.5 Å². The predicted molar refractivity (Wildman–Crippen MR) is 133 cm³/mol. The van der Waals surface area contributed by atoms with Gasteiger partial charge in [-0.05, 0) is 42.3 Å². The Morgan fingerprint density at radius 3 is 2.36 bits per heavy atom. The molecule has 0 saturated carbocycles. The maximum Gasteiger partial charge on any atom is 0.259 e. The lowest BCUT2D eigenvalue weighted by Crippen LogP contribution is -2.08. The van der Waals surface area contributed by atoms with Crippen molar-refractivity contribution >= 4 is 21.6 Å². The van der Waals surface area contributed by atoms with Crippen LogP contribution in [0.1, 0.15) is 12.5 Å². The standard InChI is InChI=1S/C27H22N2O3S/c1-2-31-23-15-20(13-14-22(23)32-17-18-9-5-3-6-10-18)25-28-26(30)21-16-24(33-27(21)29-25)19-11-7-4-8-12-19/h3-16H,2,17H2,1H3,(H,28,29,30). The lowest BCUT2D eigenvalue weighted by Gasteiger charge is -2.13. The molecule has 0 radical (unpaired) electrons. The summed E-state index contributed by atoms with van der Waals surface area (Å²) in [6.07, 6.45) is 0. The van der Waals surface area contributed by atoms with Crippen molar-refractivity contribution in [1.82, 2.24) is 9.97 Å². The molecule has 0 unspecified atom stereocenters. The summed E-state index contributed by atoms with van der Waals surface area (Å²) in [5, 5.41) is 0.593. The van der Waals surface area contributed by atoms with Crippen LogP contribution in [0.25, 0.3) is 32.0 Å². The molecule has 2 aromatic heterocycles. The minimum absolute atomic E-state index is 0.157. The number of aromatic nitrogens is 2. The molecule has 33 heavy (non-hydrogen) atoms. The highest BCUT2D eigenvalue weighted by atomic mass is 32.1. The molecular formula is C27H22N2O3S. The van der Waals surface area contributed by atoms with Crippen molar-refractivity contribution in [2.24, 2.45) is 0 Å². The monoisotopic (exact) mass is 454 g/mol. The Balaban J connectivity index is 1.48. The third-order valence-electron chi connectivity index (χ3n) is 5.21. The van der Waals surface area contributed by atoms with E-state index in [4.69, 9.17) is 14.5 Å². The molecule has 0 saturated heterocycles. The number of rotatable bonds is 7. The van der Waals surface area contributed by atoms with Crippen LogP contribution >= 0.6 is 11.3 Å². The van der Waals surface area contributed by atoms with E-state index >= 15 is 0 Å². The molecule has 164 valence electrons. The normalized spacial score (nSPS) is 10.9. The molecule has 5 rings (SSSR count). The second-order valence-electron chi connectivity index (χ2n) is 7.48. The molecule has 0 bridgehead atoms. The van der Waals surface area contributed by atoms with E-state index in [0.29, 0.717) is 40.8 Å². The first-order chi connectivity index (χ1) is 16.2. The number of hydrogen-bond acceptors (Lipinski definition) is 5. The molecule has 5 nitrogen and oxygen atoms in total. The van der Waals surface area contributed by atoms with Gasteiger partial charge in [0, 0.05) is 10.4 Å². The van der Waals surface area contributed by atoms with E-state index in [1.165, 1.54) is 11.3 Å². The van der Waals surface area contributed by atoms with Crippen LogP contribution in [-0.4, -0.2) is 16.6 Å². The predicted octanol–water partition coefficient (Wildman–Crippen LogP) is 6.30. The molecule has 0 aliphatic rings. The van der Waals surface area contributed by atoms with E-state index in [1.807, 2.05) is 91.9 Å². The zero-order valence-electron chi connectivity index (χ0n) is 18.1. The summed E-state index contributed by atoms with van der Waals surface area (Å²) < 4.78 is 11.8. The van der Waals surface area contributed by atoms with Crippen molar-refractivity contribution in [3.8, 4) is 33.3 Å². The molecule has 0 aliphatic carbocycles. The third-order valence-corrected chi connectivity index (χ3v) is 6.29. The largest absolute Gasteiger partial charge is 0.490 e. The highest BCUT2D eigenvalue weighted by Gasteiger charge is 2.14. The molecule has 0 spiro atoms. The van der Waals surface area contributed by atoms with Crippen LogP contribution in [0.15, 0.2) is 89.7 Å². The van der Waals surface area contributed by atoms with Crippen LogP contribution in [0, 0.1) is 0 Å². The van der Waals surface area contributed by atoms with Gasteiger partial charge >= 0.3 is 0 Å². The van der Waals surface area contributed by atoms with Crippen LogP contribution in [0.2, 0.25) is 0 Å². The van der Waals surface area contributed by atoms with Gasteiger partial charge in [-0.3, -0.25) is 4.79 Å². The third kappa shape index (κ3) is 4.52. The number of H-pyrrole nitrogens is 1. The van der Waals surface area contributed by atoms with Crippen LogP contribution in [0.4, 0.5) is 0 Å². The van der Waals surface area contributed by atoms with Gasteiger partial charge in [-0.1, -0.05) is 60.7 Å². The minimum atomic E-state index is -0.157. The van der Waals surface area contributed by atoms with E-state index < -0.39 is 0 Å². The number of hydrogen-bond donors (Lipinski definition) is 1. The summed E-state index contributed by atoms with van der Waals surface area (Å²) >= 11 is 1.51. The summed E-state index contributed by atoms with van der Waals surface area (Å²) in [4.78, 5) is 22.2. The van der Waals surface area contributed by atoms with Gasteiger partial charge in [-0.2, -0.15) is 0 Å². The maximum atomic E-state index is 12.8. The first-order valence-corrected chi connectivity index (χ1v) is 11.6. The van der Waals surface area contributed by atoms with E-state index in [0.717, 1.165) is 21.6 Å². The summed E-state index contributed by atoms with van der Waals surface area (Å²) in [7, 11) is 0. The van der Waals surface area contributed by atoms with Gasteiger partial charge in [0.1, 0.15) is 17.3 Å². The van der Waals surface area contributed by atoms with Crippen LogP contribution < -0.4 is 15.0 Å². The lowest BCUT2D eigenvalue weighted by molar-refractivity contribution is 0.269. The van der Waals surface area contributed by atoms with Crippen molar-refractivity contribution in [3.63, 3.8) is 0 Å². The molecule has 0 atom stereocenters. The van der Waals surface area contributed by atoms with Gasteiger partial charge in [-0.25, -0.2) is 4.98 Å². The highest BCUT2D eigenvalue weighted by molar-refractivity contribution is 7.21. The second-order valence-corrected chi connectivity index (χ2v) is 8.51. The van der Waals surface area contributed by atoms with E-state index in [9.17, 15) is 4.79 Å². The lowest BCUT2D eigenvalue weighted by atomic mass is 10.1. The average Bonchev–Trinajstić information content (AvgIpc) is 3.30. The van der Waals surface area contributed by atoms with Crippen LogP contribution in [-0.2, 0) is 6.61 Å². The van der Waals surface area contributed by atoms with Crippen molar-refractivity contribution in [2.75, 3.05) is 6.61 Å². The fourth-order valence-corrected chi connectivity index (χ4v) is 4.63. The number of benzene rings is 3. The SMILES string of the molecule is CCOc1cc(-c2nc3sc(-c4ccccc4)cc3c(=O)[nH]2)ccc1OCc1ccccc1. The van der Waals surface area contributed by atoms with Crippen molar-refractivity contribution < 1.29 is 9.47 Å². The van der Waals surface area contributed by atoms with E-state index in [1.54, 1.807) is 0 Å². The number of fused-ring (bicyclic) bond motifs is 1. The Bertz CT molecular complexity index is 1440. The number of aromatic amines is 1. The molecule has 0 aliphatic heterocycles. The number of nitrogens with one attached hydrogen (secondary N) is 1. The van der Waals surface area contributed by atoms with Gasteiger partial charge in [0.05, 0.1) is 12.0 Å². The Kier molecular flexibility index (Phi) is 5.91. The zero-order chi connectivity index (χ0) is 22.6. The number of ether oxygens (including phenoxy) is 2. The van der Waals surface area contributed by atoms with E-state index in [-0.39, 0.29) is 5.56 Å². The fourth-order valence-electron chi connectivity index (χ4n) is 3.59. The smallest absolute Gasteiger partial charge is 0.259 e. The number of nitrogens with zero attached hydrogens (tertiary/aromatic N) is 1.